The number of nitrogens with zero attached hydrogens (tertiary/aromatic N) is 1. The summed E-state index contributed by atoms with van der Waals surface area (Å²) in [7, 11) is 0. The normalized spacial score (nSPS) is 26.7. The summed E-state index contributed by atoms with van der Waals surface area (Å²) in [6, 6.07) is 7.66. The second kappa shape index (κ2) is 5.00. The van der Waals surface area contributed by atoms with Gasteiger partial charge in [0.05, 0.1) is 17.5 Å². The maximum absolute atomic E-state index is 12.5. The van der Waals surface area contributed by atoms with Crippen LogP contribution in [0.2, 0.25) is 0 Å². The van der Waals surface area contributed by atoms with Crippen LogP contribution >= 0.6 is 11.8 Å². The molecule has 19 heavy (non-hydrogen) atoms. The molecule has 3 nitrogen and oxygen atoms in total. The molecule has 3 rings (SSSR count). The van der Waals surface area contributed by atoms with Crippen LogP contribution in [0.1, 0.15) is 25.7 Å². The molecule has 1 aliphatic carbocycles. The third kappa shape index (κ3) is 1.98. The molecule has 0 N–H and O–H groups in total. The standard InChI is InChI=1S/C15H17NO2S/c1-19-13-9-5-4-8-12(13)16-14(17)10-6-2-3-7-11(10)15(16)18/h4-5,8-11H,2-3,6-7H2,1H3/t10-,11+. The maximum Gasteiger partial charge on any atom is 0.237 e. The fraction of sp³-hybridized carbons (Fsp3) is 0.467. The molecule has 1 saturated heterocycles. The summed E-state index contributed by atoms with van der Waals surface area (Å²) in [5.41, 5.74) is 0.763. The van der Waals surface area contributed by atoms with Crippen molar-refractivity contribution in [1.82, 2.24) is 0 Å². The van der Waals surface area contributed by atoms with Crippen molar-refractivity contribution in [2.24, 2.45) is 11.8 Å². The van der Waals surface area contributed by atoms with Crippen LogP contribution in [0.25, 0.3) is 0 Å². The minimum absolute atomic E-state index is 0.0104. The van der Waals surface area contributed by atoms with Gasteiger partial charge in [0.15, 0.2) is 0 Å². The molecular formula is C15H17NO2S. The van der Waals surface area contributed by atoms with Crippen LogP contribution in [0.15, 0.2) is 29.2 Å². The zero-order valence-corrected chi connectivity index (χ0v) is 11.8. The second-order valence-corrected chi connectivity index (χ2v) is 6.03. The van der Waals surface area contributed by atoms with Gasteiger partial charge in [0, 0.05) is 4.90 Å². The number of hydrogen-bond acceptors (Lipinski definition) is 3. The van der Waals surface area contributed by atoms with Gasteiger partial charge in [-0.3, -0.25) is 9.59 Å². The fourth-order valence-corrected chi connectivity index (χ4v) is 3.80. The molecule has 2 fully saturated rings. The largest absolute Gasteiger partial charge is 0.274 e. The number of carbonyl (C=O) groups excluding carboxylic acids is 2. The van der Waals surface area contributed by atoms with Crippen LogP contribution in [0.5, 0.6) is 0 Å². The summed E-state index contributed by atoms with van der Waals surface area (Å²) in [5, 5.41) is 0. The Balaban J connectivity index is 2.00. The molecule has 4 heteroatoms. The van der Waals surface area contributed by atoms with E-state index in [9.17, 15) is 9.59 Å². The highest BCUT2D eigenvalue weighted by molar-refractivity contribution is 7.98. The van der Waals surface area contributed by atoms with E-state index in [1.807, 2.05) is 30.5 Å². The molecule has 2 amide bonds. The Labute approximate surface area is 117 Å². The number of thioether (sulfide) groups is 1. The molecule has 1 aromatic rings. The summed E-state index contributed by atoms with van der Waals surface area (Å²) >= 11 is 1.57. The molecule has 0 bridgehead atoms. The Morgan fingerprint density at radius 3 is 2.21 bits per heavy atom. The van der Waals surface area contributed by atoms with E-state index < -0.39 is 0 Å². The van der Waals surface area contributed by atoms with Gasteiger partial charge in [-0.2, -0.15) is 0 Å². The van der Waals surface area contributed by atoms with Gasteiger partial charge in [0.1, 0.15) is 0 Å². The van der Waals surface area contributed by atoms with Crippen LogP contribution < -0.4 is 4.90 Å². The van der Waals surface area contributed by atoms with Gasteiger partial charge in [0.25, 0.3) is 0 Å². The molecule has 1 aromatic carbocycles. The number of rotatable bonds is 2. The Morgan fingerprint density at radius 2 is 1.63 bits per heavy atom. The Kier molecular flexibility index (Phi) is 3.35. The molecule has 2 atom stereocenters. The molecule has 0 unspecified atom stereocenters. The third-order valence-electron chi connectivity index (χ3n) is 4.17. The Bertz CT molecular complexity index is 505. The van der Waals surface area contributed by atoms with Crippen LogP contribution in [0.3, 0.4) is 0 Å². The van der Waals surface area contributed by atoms with Crippen molar-refractivity contribution in [2.45, 2.75) is 30.6 Å². The molecule has 1 saturated carbocycles. The lowest BCUT2D eigenvalue weighted by Gasteiger charge is -2.19. The predicted molar refractivity (Wildman–Crippen MR) is 76.2 cm³/mol. The summed E-state index contributed by atoms with van der Waals surface area (Å²) in [6.07, 6.45) is 5.84. The number of hydrogen-bond donors (Lipinski definition) is 0. The lowest BCUT2D eigenvalue weighted by molar-refractivity contribution is -0.122. The molecule has 1 aliphatic heterocycles. The third-order valence-corrected chi connectivity index (χ3v) is 4.95. The summed E-state index contributed by atoms with van der Waals surface area (Å²) in [6.45, 7) is 0. The van der Waals surface area contributed by atoms with Crippen molar-refractivity contribution in [3.8, 4) is 0 Å². The van der Waals surface area contributed by atoms with Crippen LogP contribution in [0.4, 0.5) is 5.69 Å². The first-order valence-electron chi connectivity index (χ1n) is 6.75. The van der Waals surface area contributed by atoms with Crippen LogP contribution in [-0.2, 0) is 9.59 Å². The zero-order valence-electron chi connectivity index (χ0n) is 11.0. The first-order valence-corrected chi connectivity index (χ1v) is 7.97. The molecule has 0 aromatic heterocycles. The van der Waals surface area contributed by atoms with Crippen molar-refractivity contribution < 1.29 is 9.59 Å². The second-order valence-electron chi connectivity index (χ2n) is 5.18. The number of fused-ring (bicyclic) bond motifs is 1. The van der Waals surface area contributed by atoms with E-state index in [4.69, 9.17) is 0 Å². The number of benzene rings is 1. The van der Waals surface area contributed by atoms with Crippen molar-refractivity contribution in [3.63, 3.8) is 0 Å². The maximum atomic E-state index is 12.5. The van der Waals surface area contributed by atoms with Crippen molar-refractivity contribution in [3.05, 3.63) is 24.3 Å². The highest BCUT2D eigenvalue weighted by Crippen LogP contribution is 2.42. The smallest absolute Gasteiger partial charge is 0.237 e. The molecular weight excluding hydrogens is 258 g/mol. The minimum atomic E-state index is -0.0730. The molecule has 100 valence electrons. The van der Waals surface area contributed by atoms with Crippen LogP contribution in [-0.4, -0.2) is 18.1 Å². The van der Waals surface area contributed by atoms with E-state index in [2.05, 4.69) is 0 Å². The lowest BCUT2D eigenvalue weighted by atomic mass is 9.81. The number of amides is 2. The molecule has 0 spiro atoms. The van der Waals surface area contributed by atoms with E-state index in [0.29, 0.717) is 0 Å². The topological polar surface area (TPSA) is 37.4 Å². The first-order chi connectivity index (χ1) is 9.24. The average Bonchev–Trinajstić information content (AvgIpc) is 2.71. The van der Waals surface area contributed by atoms with Crippen molar-refractivity contribution in [2.75, 3.05) is 11.2 Å². The molecule has 0 radical (unpaired) electrons. The monoisotopic (exact) mass is 275 g/mol. The van der Waals surface area contributed by atoms with Gasteiger partial charge in [-0.25, -0.2) is 4.90 Å². The van der Waals surface area contributed by atoms with Gasteiger partial charge < -0.3 is 0 Å². The van der Waals surface area contributed by atoms with Crippen molar-refractivity contribution in [1.29, 1.82) is 0 Å². The summed E-state index contributed by atoms with van der Waals surface area (Å²) < 4.78 is 0. The Morgan fingerprint density at radius 1 is 1.05 bits per heavy atom. The first kappa shape index (κ1) is 12.7. The number of anilines is 1. The fourth-order valence-electron chi connectivity index (χ4n) is 3.21. The highest BCUT2D eigenvalue weighted by Gasteiger charge is 2.49. The predicted octanol–water partition coefficient (Wildman–Crippen LogP) is 3.09. The lowest BCUT2D eigenvalue weighted by Crippen LogP contribution is -2.31. The number of imide groups is 1. The zero-order chi connectivity index (χ0) is 13.4. The Hall–Kier alpha value is -1.29. The summed E-state index contributed by atoms with van der Waals surface area (Å²) in [5.74, 6) is -0.125. The summed E-state index contributed by atoms with van der Waals surface area (Å²) in [4.78, 5) is 27.5. The van der Waals surface area contributed by atoms with E-state index >= 15 is 0 Å². The van der Waals surface area contributed by atoms with E-state index in [0.717, 1.165) is 36.3 Å². The van der Waals surface area contributed by atoms with E-state index in [1.165, 1.54) is 4.90 Å². The van der Waals surface area contributed by atoms with Gasteiger partial charge in [0.2, 0.25) is 11.8 Å². The number of para-hydroxylation sites is 1. The van der Waals surface area contributed by atoms with Gasteiger partial charge in [-0.1, -0.05) is 25.0 Å². The molecule has 1 heterocycles. The van der Waals surface area contributed by atoms with E-state index in [-0.39, 0.29) is 23.7 Å². The quantitative estimate of drug-likeness (QED) is 0.615. The average molecular weight is 275 g/mol. The van der Waals surface area contributed by atoms with Gasteiger partial charge in [-0.15, -0.1) is 11.8 Å². The molecule has 2 aliphatic rings. The van der Waals surface area contributed by atoms with Crippen LogP contribution in [0, 0.1) is 11.8 Å². The minimum Gasteiger partial charge on any atom is -0.274 e. The SMILES string of the molecule is CSc1ccccc1N1C(=O)[C@H]2CCCC[C@H]2C1=O. The van der Waals surface area contributed by atoms with E-state index in [1.54, 1.807) is 11.8 Å². The number of carbonyl (C=O) groups is 2. The highest BCUT2D eigenvalue weighted by atomic mass is 32.2. The van der Waals surface area contributed by atoms with Gasteiger partial charge in [-0.05, 0) is 31.2 Å². The van der Waals surface area contributed by atoms with Crippen molar-refractivity contribution >= 4 is 29.3 Å². The van der Waals surface area contributed by atoms with Gasteiger partial charge >= 0.3 is 0 Å².